The lowest BCUT2D eigenvalue weighted by molar-refractivity contribution is -0.123. The Balaban J connectivity index is 0.932. The van der Waals surface area contributed by atoms with E-state index in [9.17, 15) is 9.59 Å². The van der Waals surface area contributed by atoms with Crippen molar-refractivity contribution in [3.8, 4) is 5.75 Å². The minimum Gasteiger partial charge on any atom is -0.497 e. The summed E-state index contributed by atoms with van der Waals surface area (Å²) < 4.78 is 11.7. The minimum absolute atomic E-state index is 0.181. The van der Waals surface area contributed by atoms with Crippen molar-refractivity contribution in [2.24, 2.45) is 46.3 Å². The summed E-state index contributed by atoms with van der Waals surface area (Å²) in [6, 6.07) is 14.2. The first-order chi connectivity index (χ1) is 26.5. The van der Waals surface area contributed by atoms with Crippen LogP contribution in [0.2, 0.25) is 0 Å². The number of hydrogen-bond acceptors (Lipinski definition) is 4. The summed E-state index contributed by atoms with van der Waals surface area (Å²) in [5.74, 6) is 5.21. The van der Waals surface area contributed by atoms with Crippen LogP contribution in [0, 0.1) is 46.3 Å². The van der Waals surface area contributed by atoms with Gasteiger partial charge in [-0.1, -0.05) is 83.7 Å². The largest absolute Gasteiger partial charge is 0.497 e. The molecule has 4 aliphatic rings. The Kier molecular flexibility index (Phi) is 12.2. The van der Waals surface area contributed by atoms with Crippen LogP contribution in [0.5, 0.6) is 5.75 Å². The number of aromatic nitrogens is 1. The smallest absolute Gasteiger partial charge is 0.251 e. The third-order valence-corrected chi connectivity index (χ3v) is 15.1. The monoisotopic (exact) mass is 750 g/mol. The summed E-state index contributed by atoms with van der Waals surface area (Å²) >= 11 is 0. The van der Waals surface area contributed by atoms with Gasteiger partial charge in [-0.2, -0.15) is 0 Å². The molecule has 1 heterocycles. The van der Waals surface area contributed by atoms with Gasteiger partial charge in [0.25, 0.3) is 5.91 Å². The van der Waals surface area contributed by atoms with E-state index in [1.807, 2.05) is 30.5 Å². The standard InChI is InChI=1S/C48H67N3O4/c1-31(2)10-9-11-32(3)40-20-21-41-39-19-16-35-29-37(22-24-47(35,4)42(39)23-25-48(40,41)5)55-27-26-49-46(53)44(28-34-30-50-43-13-8-7-12-38(34)43)51-45(52)33-14-17-36(54-6)18-15-33/h7-8,12-18,30-32,37,39-42,44,50H,9-11,19-29H2,1-6H3,(H,49,53)(H,51,52)/t32-,37+,39+,40-,41+,42+,44+,47+,48-/m1/s1. The van der Waals surface area contributed by atoms with Gasteiger partial charge in [0.1, 0.15) is 11.8 Å². The number of nitrogens with one attached hydrogen (secondary N) is 3. The third-order valence-electron chi connectivity index (χ3n) is 15.1. The average Bonchev–Trinajstić information content (AvgIpc) is 3.76. The summed E-state index contributed by atoms with van der Waals surface area (Å²) in [5, 5.41) is 7.14. The Morgan fingerprint density at radius 1 is 0.945 bits per heavy atom. The maximum absolute atomic E-state index is 13.7. The number of hydrogen-bond donors (Lipinski definition) is 3. The molecule has 4 aliphatic carbocycles. The van der Waals surface area contributed by atoms with Crippen LogP contribution < -0.4 is 15.4 Å². The van der Waals surface area contributed by atoms with Crippen molar-refractivity contribution in [1.29, 1.82) is 0 Å². The van der Waals surface area contributed by atoms with E-state index >= 15 is 0 Å². The lowest BCUT2D eigenvalue weighted by Gasteiger charge is -2.58. The summed E-state index contributed by atoms with van der Waals surface area (Å²) in [6.07, 6.45) is 19.5. The Labute approximate surface area is 330 Å². The number of carbonyl (C=O) groups is 2. The number of rotatable bonds is 15. The average molecular weight is 750 g/mol. The molecular weight excluding hydrogens is 683 g/mol. The Hall–Kier alpha value is -3.58. The molecule has 2 amide bonds. The fourth-order valence-electron chi connectivity index (χ4n) is 12.0. The van der Waals surface area contributed by atoms with Crippen molar-refractivity contribution in [2.45, 2.75) is 124 Å². The Bertz CT molecular complexity index is 1810. The normalized spacial score (nSPS) is 29.8. The van der Waals surface area contributed by atoms with E-state index < -0.39 is 6.04 Å². The van der Waals surface area contributed by atoms with E-state index in [1.165, 1.54) is 57.8 Å². The first-order valence-electron chi connectivity index (χ1n) is 21.6. The van der Waals surface area contributed by atoms with Crippen LogP contribution in [0.25, 0.3) is 10.9 Å². The molecule has 7 nitrogen and oxygen atoms in total. The van der Waals surface area contributed by atoms with Crippen LogP contribution in [0.15, 0.2) is 66.4 Å². The number of allylic oxidation sites excluding steroid dienone is 1. The number of H-pyrrole nitrogens is 1. The number of methoxy groups -OCH3 is 1. The number of benzene rings is 2. The van der Waals surface area contributed by atoms with Crippen LogP contribution in [0.4, 0.5) is 0 Å². The highest BCUT2D eigenvalue weighted by Gasteiger charge is 2.59. The SMILES string of the molecule is COc1ccc(C(=O)N[C@@H](Cc2c[nH]c3ccccc23)C(=O)NCCO[C@H]2CC[C@@]3(C)C(=CC[C@H]4[C@@H]5CC[C@H]([C@H](C)CCCC(C)C)[C@@]5(C)CC[C@@H]43)C2)cc1. The van der Waals surface area contributed by atoms with E-state index in [1.54, 1.807) is 36.9 Å². The zero-order chi connectivity index (χ0) is 38.7. The predicted molar refractivity (Wildman–Crippen MR) is 222 cm³/mol. The van der Waals surface area contributed by atoms with Gasteiger partial charge in [0, 0.05) is 35.6 Å². The molecule has 3 N–H and O–H groups in total. The van der Waals surface area contributed by atoms with Gasteiger partial charge in [0.05, 0.1) is 19.8 Å². The fourth-order valence-corrected chi connectivity index (χ4v) is 12.0. The highest BCUT2D eigenvalue weighted by Crippen LogP contribution is 2.67. The second-order valence-electron chi connectivity index (χ2n) is 18.6. The molecule has 0 aliphatic heterocycles. The number of amides is 2. The Morgan fingerprint density at radius 3 is 2.53 bits per heavy atom. The van der Waals surface area contributed by atoms with Gasteiger partial charge in [-0.05, 0) is 134 Å². The lowest BCUT2D eigenvalue weighted by Crippen LogP contribution is -2.51. The molecule has 2 aromatic carbocycles. The third kappa shape index (κ3) is 8.29. The van der Waals surface area contributed by atoms with Crippen LogP contribution >= 0.6 is 0 Å². The second kappa shape index (κ2) is 16.9. The maximum atomic E-state index is 13.7. The van der Waals surface area contributed by atoms with Gasteiger partial charge in [0.2, 0.25) is 5.91 Å². The van der Waals surface area contributed by atoms with E-state index in [2.05, 4.69) is 56.3 Å². The zero-order valence-electron chi connectivity index (χ0n) is 34.4. The minimum atomic E-state index is -0.745. The molecule has 7 heteroatoms. The molecule has 298 valence electrons. The van der Waals surface area contributed by atoms with Crippen LogP contribution in [0.3, 0.4) is 0 Å². The molecule has 3 aromatic rings. The van der Waals surface area contributed by atoms with Gasteiger partial charge in [-0.3, -0.25) is 9.59 Å². The van der Waals surface area contributed by atoms with Crippen molar-refractivity contribution in [3.63, 3.8) is 0 Å². The highest BCUT2D eigenvalue weighted by atomic mass is 16.5. The molecule has 3 saturated carbocycles. The van der Waals surface area contributed by atoms with E-state index in [0.717, 1.165) is 64.8 Å². The molecular formula is C48H67N3O4. The predicted octanol–water partition coefficient (Wildman–Crippen LogP) is 10.1. The lowest BCUT2D eigenvalue weighted by atomic mass is 9.47. The molecule has 55 heavy (non-hydrogen) atoms. The van der Waals surface area contributed by atoms with Gasteiger partial charge < -0.3 is 25.1 Å². The molecule has 7 rings (SSSR count). The Morgan fingerprint density at radius 2 is 1.75 bits per heavy atom. The molecule has 0 bridgehead atoms. The van der Waals surface area contributed by atoms with Crippen molar-refractivity contribution in [1.82, 2.24) is 15.6 Å². The van der Waals surface area contributed by atoms with Gasteiger partial charge in [-0.25, -0.2) is 0 Å². The molecule has 0 saturated heterocycles. The molecule has 0 radical (unpaired) electrons. The van der Waals surface area contributed by atoms with Crippen molar-refractivity contribution in [2.75, 3.05) is 20.3 Å². The summed E-state index contributed by atoms with van der Waals surface area (Å²) in [7, 11) is 1.60. The number of para-hydroxylation sites is 1. The van der Waals surface area contributed by atoms with E-state index in [0.29, 0.717) is 36.3 Å². The molecule has 0 spiro atoms. The number of aromatic amines is 1. The first-order valence-corrected chi connectivity index (χ1v) is 21.6. The van der Waals surface area contributed by atoms with Crippen molar-refractivity contribution in [3.05, 3.63) is 77.5 Å². The van der Waals surface area contributed by atoms with Gasteiger partial charge in [-0.15, -0.1) is 0 Å². The van der Waals surface area contributed by atoms with E-state index in [-0.39, 0.29) is 23.3 Å². The summed E-state index contributed by atoms with van der Waals surface area (Å²) in [4.78, 5) is 30.3. The van der Waals surface area contributed by atoms with Crippen LogP contribution in [-0.4, -0.2) is 49.2 Å². The van der Waals surface area contributed by atoms with Crippen LogP contribution in [0.1, 0.15) is 121 Å². The summed E-state index contributed by atoms with van der Waals surface area (Å²) in [6.45, 7) is 13.4. The molecule has 9 atom stereocenters. The molecule has 3 fully saturated rings. The van der Waals surface area contributed by atoms with E-state index in [4.69, 9.17) is 9.47 Å². The highest BCUT2D eigenvalue weighted by molar-refractivity contribution is 5.98. The number of carbonyl (C=O) groups excluding carboxylic acids is 2. The fraction of sp³-hybridized carbons (Fsp3) is 0.625. The van der Waals surface area contributed by atoms with Gasteiger partial charge in [0.15, 0.2) is 0 Å². The van der Waals surface area contributed by atoms with Crippen LogP contribution in [-0.2, 0) is 16.0 Å². The maximum Gasteiger partial charge on any atom is 0.251 e. The second-order valence-corrected chi connectivity index (χ2v) is 18.6. The van der Waals surface area contributed by atoms with Gasteiger partial charge >= 0.3 is 0 Å². The van der Waals surface area contributed by atoms with Crippen molar-refractivity contribution < 1.29 is 19.1 Å². The molecule has 1 aromatic heterocycles. The van der Waals surface area contributed by atoms with Crippen molar-refractivity contribution >= 4 is 22.7 Å². The summed E-state index contributed by atoms with van der Waals surface area (Å²) in [5.41, 5.74) is 4.90. The topological polar surface area (TPSA) is 92.5 Å². The number of fused-ring (bicyclic) bond motifs is 6. The quantitative estimate of drug-likeness (QED) is 0.107. The zero-order valence-corrected chi connectivity index (χ0v) is 34.4. The molecule has 0 unspecified atom stereocenters. The first kappa shape index (κ1) is 39.6. The number of ether oxygens (including phenoxy) is 2.